The summed E-state index contributed by atoms with van der Waals surface area (Å²) in [5.41, 5.74) is 2.93. The molecular weight excluding hydrogens is 314 g/mol. The number of ether oxygens (including phenoxy) is 1. The van der Waals surface area contributed by atoms with Gasteiger partial charge in [-0.25, -0.2) is 5.43 Å². The lowest BCUT2D eigenvalue weighted by molar-refractivity contribution is -0.0499. The molecule has 0 spiro atoms. The van der Waals surface area contributed by atoms with Crippen LogP contribution in [-0.4, -0.2) is 18.7 Å². The van der Waals surface area contributed by atoms with Gasteiger partial charge in [0.1, 0.15) is 5.75 Å². The van der Waals surface area contributed by atoms with Gasteiger partial charge in [-0.1, -0.05) is 29.8 Å². The first kappa shape index (κ1) is 15.9. The molecule has 0 saturated carbocycles. The summed E-state index contributed by atoms with van der Waals surface area (Å²) in [6.07, 6.45) is 1.22. The van der Waals surface area contributed by atoms with Gasteiger partial charge in [0, 0.05) is 16.1 Å². The van der Waals surface area contributed by atoms with E-state index in [1.807, 2.05) is 0 Å². The topological polar surface area (TPSA) is 50.7 Å². The molecule has 0 aliphatic carbocycles. The molecule has 4 nitrogen and oxygen atoms in total. The maximum absolute atomic E-state index is 12.3. The van der Waals surface area contributed by atoms with Crippen LogP contribution in [0.1, 0.15) is 15.9 Å². The Morgan fingerprint density at radius 3 is 2.73 bits per heavy atom. The summed E-state index contributed by atoms with van der Waals surface area (Å²) in [6, 6.07) is 12.4. The van der Waals surface area contributed by atoms with Gasteiger partial charge in [0.2, 0.25) is 0 Å². The van der Waals surface area contributed by atoms with Crippen LogP contribution in [-0.2, 0) is 0 Å². The number of nitrogens with zero attached hydrogens (tertiary/aromatic N) is 1. The van der Waals surface area contributed by atoms with Crippen molar-refractivity contribution >= 4 is 23.7 Å². The molecule has 0 bridgehead atoms. The van der Waals surface area contributed by atoms with Crippen molar-refractivity contribution in [2.24, 2.45) is 5.10 Å². The molecule has 0 fully saturated rings. The first-order chi connectivity index (χ1) is 10.6. The number of benzene rings is 2. The van der Waals surface area contributed by atoms with Crippen LogP contribution in [0.3, 0.4) is 0 Å². The van der Waals surface area contributed by atoms with Crippen molar-refractivity contribution in [3.8, 4) is 5.75 Å². The fraction of sp³-hybridized carbons (Fsp3) is 0.0667. The van der Waals surface area contributed by atoms with E-state index in [1.165, 1.54) is 24.4 Å². The van der Waals surface area contributed by atoms with Crippen LogP contribution in [0.15, 0.2) is 53.6 Å². The van der Waals surface area contributed by atoms with Crippen LogP contribution in [0.4, 0.5) is 8.78 Å². The molecule has 0 heterocycles. The Hall–Kier alpha value is -2.47. The number of amides is 1. The van der Waals surface area contributed by atoms with Crippen LogP contribution < -0.4 is 10.2 Å². The molecule has 114 valence electrons. The van der Waals surface area contributed by atoms with Crippen molar-refractivity contribution in [2.75, 3.05) is 0 Å². The molecule has 0 atom stereocenters. The maximum atomic E-state index is 12.3. The first-order valence-corrected chi connectivity index (χ1v) is 6.57. The highest BCUT2D eigenvalue weighted by molar-refractivity contribution is 6.30. The zero-order valence-corrected chi connectivity index (χ0v) is 11.9. The third kappa shape index (κ3) is 4.53. The van der Waals surface area contributed by atoms with E-state index in [2.05, 4.69) is 15.3 Å². The molecule has 1 N–H and O–H groups in total. The van der Waals surface area contributed by atoms with Crippen molar-refractivity contribution in [1.29, 1.82) is 0 Å². The van der Waals surface area contributed by atoms with Gasteiger partial charge < -0.3 is 4.74 Å². The monoisotopic (exact) mass is 324 g/mol. The number of halogens is 3. The number of carbonyl (C=O) groups is 1. The van der Waals surface area contributed by atoms with Gasteiger partial charge in [-0.2, -0.15) is 13.9 Å². The number of para-hydroxylation sites is 1. The number of carbonyl (C=O) groups excluding carboxylic acids is 1. The molecule has 0 aromatic heterocycles. The van der Waals surface area contributed by atoms with E-state index in [-0.39, 0.29) is 5.75 Å². The number of rotatable bonds is 5. The van der Waals surface area contributed by atoms with Gasteiger partial charge >= 0.3 is 6.61 Å². The quantitative estimate of drug-likeness (QED) is 0.673. The summed E-state index contributed by atoms with van der Waals surface area (Å²) >= 11 is 5.78. The molecule has 0 unspecified atom stereocenters. The van der Waals surface area contributed by atoms with Gasteiger partial charge in [0.05, 0.1) is 6.21 Å². The minimum absolute atomic E-state index is 0.0294. The molecule has 2 aromatic carbocycles. The predicted octanol–water partition coefficient (Wildman–Crippen LogP) is 3.71. The van der Waals surface area contributed by atoms with Crippen LogP contribution in [0.5, 0.6) is 5.75 Å². The number of hydrazone groups is 1. The van der Waals surface area contributed by atoms with Crippen molar-refractivity contribution in [1.82, 2.24) is 5.43 Å². The average molecular weight is 325 g/mol. The van der Waals surface area contributed by atoms with E-state index in [1.54, 1.807) is 30.3 Å². The van der Waals surface area contributed by atoms with Crippen LogP contribution in [0.2, 0.25) is 5.02 Å². The summed E-state index contributed by atoms with van der Waals surface area (Å²) in [5, 5.41) is 4.15. The Kier molecular flexibility index (Phi) is 5.43. The lowest BCUT2D eigenvalue weighted by Gasteiger charge is -2.07. The Labute approximate surface area is 130 Å². The second-order valence-electron chi connectivity index (χ2n) is 4.13. The van der Waals surface area contributed by atoms with Crippen molar-refractivity contribution in [3.63, 3.8) is 0 Å². The standard InChI is InChI=1S/C15H11ClF2N2O2/c16-12-6-3-5-10(8-12)14(21)20-19-9-11-4-1-2-7-13(11)22-15(17)18/h1-9,15H,(H,20,21)/b19-9+. The smallest absolute Gasteiger partial charge is 0.387 e. The minimum Gasteiger partial charge on any atom is -0.434 e. The van der Waals surface area contributed by atoms with Crippen LogP contribution in [0.25, 0.3) is 0 Å². The summed E-state index contributed by atoms with van der Waals surface area (Å²) in [4.78, 5) is 11.8. The molecule has 22 heavy (non-hydrogen) atoms. The minimum atomic E-state index is -2.93. The van der Waals surface area contributed by atoms with Gasteiger partial charge in [-0.3, -0.25) is 4.79 Å². The summed E-state index contributed by atoms with van der Waals surface area (Å²) in [5.74, 6) is -0.496. The SMILES string of the molecule is O=C(N/N=C/c1ccccc1OC(F)F)c1cccc(Cl)c1. The molecular formula is C15H11ClF2N2O2. The largest absolute Gasteiger partial charge is 0.434 e. The van der Waals surface area contributed by atoms with E-state index in [4.69, 9.17) is 11.6 Å². The second-order valence-corrected chi connectivity index (χ2v) is 4.56. The number of alkyl halides is 2. The highest BCUT2D eigenvalue weighted by Crippen LogP contribution is 2.18. The molecule has 0 saturated heterocycles. The predicted molar refractivity (Wildman–Crippen MR) is 79.6 cm³/mol. The molecule has 7 heteroatoms. The third-order valence-electron chi connectivity index (χ3n) is 2.59. The molecule has 0 radical (unpaired) electrons. The van der Waals surface area contributed by atoms with E-state index >= 15 is 0 Å². The molecule has 2 aromatic rings. The zero-order valence-electron chi connectivity index (χ0n) is 11.2. The van der Waals surface area contributed by atoms with Crippen LogP contribution >= 0.6 is 11.6 Å². The average Bonchev–Trinajstić information content (AvgIpc) is 2.48. The van der Waals surface area contributed by atoms with Gasteiger partial charge in [0.15, 0.2) is 0 Å². The molecule has 0 aliphatic heterocycles. The fourth-order valence-corrected chi connectivity index (χ4v) is 1.84. The van der Waals surface area contributed by atoms with E-state index in [9.17, 15) is 13.6 Å². The third-order valence-corrected chi connectivity index (χ3v) is 2.83. The first-order valence-electron chi connectivity index (χ1n) is 6.19. The van der Waals surface area contributed by atoms with E-state index in [0.717, 1.165) is 0 Å². The Morgan fingerprint density at radius 1 is 1.23 bits per heavy atom. The van der Waals surface area contributed by atoms with Gasteiger partial charge in [0.25, 0.3) is 5.91 Å². The van der Waals surface area contributed by atoms with Crippen molar-refractivity contribution in [2.45, 2.75) is 6.61 Å². The highest BCUT2D eigenvalue weighted by Gasteiger charge is 2.08. The van der Waals surface area contributed by atoms with E-state index in [0.29, 0.717) is 16.1 Å². The van der Waals surface area contributed by atoms with Crippen molar-refractivity contribution < 1.29 is 18.3 Å². The lowest BCUT2D eigenvalue weighted by atomic mass is 10.2. The maximum Gasteiger partial charge on any atom is 0.387 e. The fourth-order valence-electron chi connectivity index (χ4n) is 1.65. The summed E-state index contributed by atoms with van der Waals surface area (Å²) < 4.78 is 28.9. The van der Waals surface area contributed by atoms with Gasteiger partial charge in [-0.05, 0) is 30.3 Å². The summed E-state index contributed by atoms with van der Waals surface area (Å²) in [7, 11) is 0. The number of nitrogens with one attached hydrogen (secondary N) is 1. The highest BCUT2D eigenvalue weighted by atomic mass is 35.5. The van der Waals surface area contributed by atoms with E-state index < -0.39 is 12.5 Å². The van der Waals surface area contributed by atoms with Gasteiger partial charge in [-0.15, -0.1) is 0 Å². The van der Waals surface area contributed by atoms with Crippen molar-refractivity contribution in [3.05, 3.63) is 64.7 Å². The molecule has 0 aliphatic rings. The number of hydrogen-bond acceptors (Lipinski definition) is 3. The zero-order chi connectivity index (χ0) is 15.9. The normalized spacial score (nSPS) is 10.9. The lowest BCUT2D eigenvalue weighted by Crippen LogP contribution is -2.17. The Morgan fingerprint density at radius 2 is 2.00 bits per heavy atom. The summed E-state index contributed by atoms with van der Waals surface area (Å²) in [6.45, 7) is -2.93. The number of hydrogen-bond donors (Lipinski definition) is 1. The Balaban J connectivity index is 2.05. The van der Waals surface area contributed by atoms with Crippen LogP contribution in [0, 0.1) is 0 Å². The Bertz CT molecular complexity index is 693. The molecule has 2 rings (SSSR count). The molecule has 1 amide bonds. The second kappa shape index (κ2) is 7.51.